The minimum atomic E-state index is -5.13. The summed E-state index contributed by atoms with van der Waals surface area (Å²) in [7, 11) is -24.7. The predicted molar refractivity (Wildman–Crippen MR) is 336 cm³/mol. The standard InChI is InChI=1S/C60H77N5O20S5/c1-59(2)51-21-8-4-9-22-52-60(3,57-45-37-41(88(77,78)79)39-50(90(83,84)85)43(45)27-29-48(57)65(52)34-18-19-35-86(71,72)73)30-14-5-10-23-53(66)61-31-16-13-20-46(58(70)62-32-15-6-12-25-55(68)69)63-54(67)24-11-7-17-33-64(51)47-28-26-42-44(56(47)59)36-40(87(74,75)76)38-49(42)89(80,81)82/h4,8-9,21-22,26-29,36-39,46H,5-7,10-20,23-25,30-35H2,1-3H3,(H8-,61,62,63,66,67,68,69,70,71,72,73,74,75,76,77,78,79,80,81,82,83,84,85)/p+1. The summed E-state index contributed by atoms with van der Waals surface area (Å²) in [5.74, 6) is -2.50. The van der Waals surface area contributed by atoms with E-state index in [4.69, 9.17) is 5.11 Å². The SMILES string of the molecule is CC1(C)C2=[N+](CCCCCC(=O)NC(C(=O)NCCCCCC(=O)O)CCCCNC(=O)CCCCCC3(C)/C(=C/C=C/C=C2)N(CCCCS(=O)(=O)O)c2ccc4c(S(=O)(=O)O)cc(S(=O)(=O)O)cc4c23)c2ccc3c(S(=O)(=O)O)cc(S(=O)(=O)O)cc3c21. The maximum atomic E-state index is 13.5. The van der Waals surface area contributed by atoms with Gasteiger partial charge < -0.3 is 26.0 Å². The highest BCUT2D eigenvalue weighted by Gasteiger charge is 2.47. The summed E-state index contributed by atoms with van der Waals surface area (Å²) < 4.78 is 179. The maximum absolute atomic E-state index is 13.5. The van der Waals surface area contributed by atoms with Gasteiger partial charge in [-0.05, 0) is 150 Å². The molecular formula is C60H78N5O20S5+. The number of nitrogens with zero attached hydrogens (tertiary/aromatic N) is 2. The van der Waals surface area contributed by atoms with E-state index in [1.165, 1.54) is 12.1 Å². The highest BCUT2D eigenvalue weighted by atomic mass is 32.2. The van der Waals surface area contributed by atoms with Crippen LogP contribution in [0.4, 0.5) is 11.4 Å². The summed E-state index contributed by atoms with van der Waals surface area (Å²) in [6, 6.07) is 8.70. The molecule has 4 aromatic rings. The number of hydrogen-bond donors (Lipinski definition) is 9. The third-order valence-corrected chi connectivity index (χ3v) is 20.9. The largest absolute Gasteiger partial charge is 0.481 e. The molecule has 25 nitrogen and oxygen atoms in total. The summed E-state index contributed by atoms with van der Waals surface area (Å²) in [5.41, 5.74) is 0.792. The molecule has 3 amide bonds. The van der Waals surface area contributed by atoms with Crippen LogP contribution < -0.4 is 20.9 Å². The number of rotatable bonds is 16. The second-order valence-corrected chi connectivity index (χ2v) is 30.8. The third kappa shape index (κ3) is 17.6. The zero-order valence-electron chi connectivity index (χ0n) is 50.2. The van der Waals surface area contributed by atoms with Crippen LogP contribution in [0.1, 0.15) is 147 Å². The van der Waals surface area contributed by atoms with Gasteiger partial charge in [0, 0.05) is 90.6 Å². The van der Waals surface area contributed by atoms with Gasteiger partial charge in [0.1, 0.15) is 22.4 Å². The van der Waals surface area contributed by atoms with Crippen LogP contribution in [-0.4, -0.2) is 142 Å². The van der Waals surface area contributed by atoms with Crippen molar-refractivity contribution in [1.29, 1.82) is 0 Å². The number of fused-ring (bicyclic) bond motifs is 9. The molecule has 492 valence electrons. The lowest BCUT2D eigenvalue weighted by atomic mass is 9.75. The number of benzene rings is 4. The van der Waals surface area contributed by atoms with Crippen molar-refractivity contribution in [2.24, 2.45) is 0 Å². The molecule has 3 aliphatic rings. The van der Waals surface area contributed by atoms with Crippen LogP contribution in [0.5, 0.6) is 0 Å². The molecule has 2 unspecified atom stereocenters. The second kappa shape index (κ2) is 29.0. The fourth-order valence-electron chi connectivity index (χ4n) is 12.4. The van der Waals surface area contributed by atoms with Crippen molar-refractivity contribution < 1.29 is 93.7 Å². The fourth-order valence-corrected chi connectivity index (χ4v) is 15.7. The molecule has 0 fully saturated rings. The Balaban J connectivity index is 1.33. The van der Waals surface area contributed by atoms with Crippen LogP contribution in [0, 0.1) is 0 Å². The number of carboxylic acid groups (broad SMARTS) is 1. The number of nitrogens with one attached hydrogen (secondary N) is 3. The number of carbonyl (C=O) groups excluding carboxylic acids is 3. The van der Waals surface area contributed by atoms with Gasteiger partial charge >= 0.3 is 5.97 Å². The lowest BCUT2D eigenvalue weighted by Crippen LogP contribution is -2.47. The van der Waals surface area contributed by atoms with Gasteiger partial charge in [-0.1, -0.05) is 43.6 Å². The van der Waals surface area contributed by atoms with E-state index < -0.39 is 105 Å². The zero-order valence-corrected chi connectivity index (χ0v) is 54.3. The molecule has 0 saturated heterocycles. The molecule has 4 aromatic carbocycles. The van der Waals surface area contributed by atoms with E-state index >= 15 is 0 Å². The molecule has 0 radical (unpaired) electrons. The van der Waals surface area contributed by atoms with Crippen LogP contribution in [-0.2, 0) is 80.6 Å². The smallest absolute Gasteiger partial charge is 0.303 e. The van der Waals surface area contributed by atoms with E-state index in [9.17, 15) is 84.0 Å². The van der Waals surface area contributed by atoms with Crippen LogP contribution in [0.15, 0.2) is 104 Å². The van der Waals surface area contributed by atoms with E-state index in [0.717, 1.165) is 12.1 Å². The lowest BCUT2D eigenvalue weighted by Gasteiger charge is -2.31. The van der Waals surface area contributed by atoms with Gasteiger partial charge in [0.15, 0.2) is 5.71 Å². The molecule has 0 saturated carbocycles. The van der Waals surface area contributed by atoms with E-state index in [-0.39, 0.29) is 97.9 Å². The molecule has 90 heavy (non-hydrogen) atoms. The average molecular weight is 1350 g/mol. The van der Waals surface area contributed by atoms with Crippen molar-refractivity contribution >= 4 is 113 Å². The van der Waals surface area contributed by atoms with Gasteiger partial charge in [-0.25, -0.2) is 0 Å². The first-order chi connectivity index (χ1) is 42.0. The monoisotopic (exact) mass is 1350 g/mol. The number of aliphatic carboxylic acids is 1. The Kier molecular flexibility index (Phi) is 22.9. The van der Waals surface area contributed by atoms with Gasteiger partial charge in [-0.3, -0.25) is 41.9 Å². The minimum Gasteiger partial charge on any atom is -0.481 e. The van der Waals surface area contributed by atoms with E-state index in [1.807, 2.05) is 30.2 Å². The van der Waals surface area contributed by atoms with Gasteiger partial charge in [-0.2, -0.15) is 46.7 Å². The van der Waals surface area contributed by atoms with Gasteiger partial charge in [0.2, 0.25) is 23.4 Å². The van der Waals surface area contributed by atoms with Crippen molar-refractivity contribution in [1.82, 2.24) is 16.0 Å². The first-order valence-corrected chi connectivity index (χ1v) is 37.0. The molecule has 30 heteroatoms. The van der Waals surface area contributed by atoms with Crippen molar-refractivity contribution in [2.75, 3.05) is 36.8 Å². The normalized spacial score (nSPS) is 20.8. The second-order valence-electron chi connectivity index (χ2n) is 23.6. The summed E-state index contributed by atoms with van der Waals surface area (Å²) in [6.45, 7) is 6.43. The van der Waals surface area contributed by atoms with E-state index in [0.29, 0.717) is 123 Å². The molecule has 0 aliphatic carbocycles. The maximum Gasteiger partial charge on any atom is 0.303 e. The minimum absolute atomic E-state index is 0.00337. The Hall–Kier alpha value is -6.48. The Morgan fingerprint density at radius 3 is 1.87 bits per heavy atom. The zero-order chi connectivity index (χ0) is 66.2. The molecule has 0 aromatic heterocycles. The molecule has 9 N–H and O–H groups in total. The lowest BCUT2D eigenvalue weighted by molar-refractivity contribution is -0.438. The van der Waals surface area contributed by atoms with Crippen molar-refractivity contribution in [3.05, 3.63) is 95.7 Å². The van der Waals surface area contributed by atoms with Crippen LogP contribution >= 0.6 is 0 Å². The Morgan fingerprint density at radius 1 is 0.644 bits per heavy atom. The molecule has 3 aliphatic heterocycles. The molecule has 7 rings (SSSR count). The summed E-state index contributed by atoms with van der Waals surface area (Å²) in [5, 5.41) is 17.7. The Labute approximate surface area is 524 Å². The topological polar surface area (TPSA) is 403 Å². The Bertz CT molecular complexity index is 4180. The number of carbonyl (C=O) groups is 4. The van der Waals surface area contributed by atoms with Crippen molar-refractivity contribution in [3.63, 3.8) is 0 Å². The summed E-state index contributed by atoms with van der Waals surface area (Å²) in [6.07, 6.45) is 14.6. The molecule has 0 spiro atoms. The number of allylic oxidation sites excluding steroid dienone is 6. The number of anilines is 1. The average Bonchev–Trinajstić information content (AvgIpc) is 1.52. The van der Waals surface area contributed by atoms with Gasteiger partial charge in [0.25, 0.3) is 50.6 Å². The van der Waals surface area contributed by atoms with Crippen LogP contribution in [0.25, 0.3) is 21.5 Å². The quantitative estimate of drug-likeness (QED) is 0.0293. The van der Waals surface area contributed by atoms with E-state index in [2.05, 4.69) is 16.0 Å². The first-order valence-electron chi connectivity index (χ1n) is 29.7. The molecule has 2 atom stereocenters. The van der Waals surface area contributed by atoms with Crippen LogP contribution in [0.2, 0.25) is 0 Å². The van der Waals surface area contributed by atoms with Crippen LogP contribution in [0.3, 0.4) is 0 Å². The molecule has 3 heterocycles. The van der Waals surface area contributed by atoms with Crippen molar-refractivity contribution in [2.45, 2.75) is 173 Å². The highest BCUT2D eigenvalue weighted by Crippen LogP contribution is 2.54. The number of unbranched alkanes of at least 4 members (excludes halogenated alkanes) is 3. The third-order valence-electron chi connectivity index (χ3n) is 16.7. The van der Waals surface area contributed by atoms with E-state index in [1.54, 1.807) is 42.5 Å². The summed E-state index contributed by atoms with van der Waals surface area (Å²) in [4.78, 5) is 49.9. The molecule has 0 bridgehead atoms. The number of amides is 3. The van der Waals surface area contributed by atoms with Crippen molar-refractivity contribution in [3.8, 4) is 0 Å². The molecular weight excluding hydrogens is 1270 g/mol. The fraction of sp³-hybridized carbons (Fsp3) is 0.483. The highest BCUT2D eigenvalue weighted by molar-refractivity contribution is 7.87. The predicted octanol–water partition coefficient (Wildman–Crippen LogP) is 7.86. The Morgan fingerprint density at radius 2 is 1.26 bits per heavy atom. The summed E-state index contributed by atoms with van der Waals surface area (Å²) >= 11 is 0. The first kappa shape index (κ1) is 71.0. The number of carboxylic acids is 1. The number of hydrogen-bond acceptors (Lipinski definition) is 15. The van der Waals surface area contributed by atoms with Gasteiger partial charge in [0.05, 0.1) is 21.0 Å². The van der Waals surface area contributed by atoms with Gasteiger partial charge in [-0.15, -0.1) is 0 Å².